The molecule has 4 heteroatoms. The largest absolute Gasteiger partial charge is 0.455 e. The number of hydrogen-bond acceptors (Lipinski definition) is 3. The molecule has 1 amide bonds. The monoisotopic (exact) mass is 236 g/mol. The summed E-state index contributed by atoms with van der Waals surface area (Å²) in [6.07, 6.45) is 4.58. The molecule has 1 unspecified atom stereocenters. The Morgan fingerprint density at radius 3 is 3.00 bits per heavy atom. The Bertz CT molecular complexity index is 387. The fourth-order valence-corrected chi connectivity index (χ4v) is 2.32. The summed E-state index contributed by atoms with van der Waals surface area (Å²) in [5.41, 5.74) is 5.48. The van der Waals surface area contributed by atoms with Crippen molar-refractivity contribution in [3.8, 4) is 0 Å². The molecular weight excluding hydrogens is 216 g/mol. The molecule has 1 atom stereocenters. The Kier molecular flexibility index (Phi) is 3.84. The molecule has 1 aromatic rings. The molecule has 0 aromatic carbocycles. The van der Waals surface area contributed by atoms with Gasteiger partial charge >= 0.3 is 0 Å². The minimum Gasteiger partial charge on any atom is -0.455 e. The van der Waals surface area contributed by atoms with Crippen molar-refractivity contribution in [2.45, 2.75) is 45.2 Å². The smallest absolute Gasteiger partial charge is 0.289 e. The quantitative estimate of drug-likeness (QED) is 0.855. The van der Waals surface area contributed by atoms with Gasteiger partial charge in [-0.3, -0.25) is 4.79 Å². The lowest BCUT2D eigenvalue weighted by Gasteiger charge is -2.26. The molecule has 17 heavy (non-hydrogen) atoms. The molecule has 2 N–H and O–H groups in total. The third-order valence-electron chi connectivity index (χ3n) is 3.39. The number of likely N-dealkylation sites (tertiary alicyclic amines) is 1. The third-order valence-corrected chi connectivity index (χ3v) is 3.39. The highest BCUT2D eigenvalue weighted by atomic mass is 16.4. The van der Waals surface area contributed by atoms with E-state index < -0.39 is 0 Å². The lowest BCUT2D eigenvalue weighted by molar-refractivity contribution is 0.0663. The van der Waals surface area contributed by atoms with Crippen molar-refractivity contribution < 1.29 is 9.21 Å². The maximum absolute atomic E-state index is 12.3. The van der Waals surface area contributed by atoms with Crippen molar-refractivity contribution in [3.63, 3.8) is 0 Å². The lowest BCUT2D eigenvalue weighted by Crippen LogP contribution is -2.38. The number of nitrogens with zero attached hydrogens (tertiary/aromatic N) is 1. The number of nitrogens with two attached hydrogens (primary N) is 1. The maximum Gasteiger partial charge on any atom is 0.289 e. The van der Waals surface area contributed by atoms with Crippen molar-refractivity contribution in [2.75, 3.05) is 6.54 Å². The highest BCUT2D eigenvalue weighted by Gasteiger charge is 2.25. The molecule has 1 fully saturated rings. The summed E-state index contributed by atoms with van der Waals surface area (Å²) in [7, 11) is 0. The molecule has 4 nitrogen and oxygen atoms in total. The van der Waals surface area contributed by atoms with Gasteiger partial charge in [-0.2, -0.15) is 0 Å². The van der Waals surface area contributed by atoms with Gasteiger partial charge in [-0.05, 0) is 31.9 Å². The van der Waals surface area contributed by atoms with Gasteiger partial charge in [-0.15, -0.1) is 0 Å². The normalized spacial score (nSPS) is 21.3. The van der Waals surface area contributed by atoms with Gasteiger partial charge in [0.05, 0.1) is 6.54 Å². The van der Waals surface area contributed by atoms with Crippen LogP contribution in [0.3, 0.4) is 0 Å². The van der Waals surface area contributed by atoms with Crippen LogP contribution in [0.25, 0.3) is 0 Å². The first-order chi connectivity index (χ1) is 8.22. The first-order valence-corrected chi connectivity index (χ1v) is 6.32. The number of carbonyl (C=O) groups is 1. The number of hydrogen-bond donors (Lipinski definition) is 1. The zero-order valence-electron chi connectivity index (χ0n) is 10.3. The summed E-state index contributed by atoms with van der Waals surface area (Å²) >= 11 is 0. The predicted octanol–water partition coefficient (Wildman–Crippen LogP) is 2.14. The summed E-state index contributed by atoms with van der Waals surface area (Å²) < 4.78 is 5.42. The average molecular weight is 236 g/mol. The summed E-state index contributed by atoms with van der Waals surface area (Å²) in [4.78, 5) is 14.2. The first-order valence-electron chi connectivity index (χ1n) is 6.32. The van der Waals surface area contributed by atoms with Gasteiger partial charge in [-0.25, -0.2) is 0 Å². The summed E-state index contributed by atoms with van der Waals surface area (Å²) in [5, 5.41) is 0. The second-order valence-corrected chi connectivity index (χ2v) is 4.67. The van der Waals surface area contributed by atoms with Gasteiger partial charge in [0.25, 0.3) is 5.91 Å². The Labute approximate surface area is 102 Å². The number of furan rings is 1. The zero-order chi connectivity index (χ0) is 12.3. The second kappa shape index (κ2) is 5.36. The van der Waals surface area contributed by atoms with E-state index in [-0.39, 0.29) is 5.91 Å². The standard InChI is InChI=1S/C13H20N2O2/c1-10-5-3-2-4-8-15(10)13(16)12-7-6-11(9-14)17-12/h6-7,10H,2-5,8-9,14H2,1H3. The van der Waals surface area contributed by atoms with Crippen LogP contribution in [0.5, 0.6) is 0 Å². The second-order valence-electron chi connectivity index (χ2n) is 4.67. The Balaban J connectivity index is 2.12. The number of rotatable bonds is 2. The molecule has 0 bridgehead atoms. The van der Waals surface area contributed by atoms with Crippen LogP contribution in [0.1, 0.15) is 48.9 Å². The van der Waals surface area contributed by atoms with Gasteiger partial charge < -0.3 is 15.1 Å². The Morgan fingerprint density at radius 2 is 2.29 bits per heavy atom. The van der Waals surface area contributed by atoms with Crippen molar-refractivity contribution in [1.82, 2.24) is 4.90 Å². The fourth-order valence-electron chi connectivity index (χ4n) is 2.32. The van der Waals surface area contributed by atoms with Crippen LogP contribution in [0.4, 0.5) is 0 Å². The van der Waals surface area contributed by atoms with E-state index in [0.29, 0.717) is 24.1 Å². The van der Waals surface area contributed by atoms with Crippen LogP contribution in [-0.2, 0) is 6.54 Å². The first kappa shape index (κ1) is 12.2. The molecule has 0 radical (unpaired) electrons. The lowest BCUT2D eigenvalue weighted by atomic mass is 10.1. The van der Waals surface area contributed by atoms with Crippen LogP contribution < -0.4 is 5.73 Å². The number of carbonyl (C=O) groups excluding carboxylic acids is 1. The van der Waals surface area contributed by atoms with Gasteiger partial charge in [0.15, 0.2) is 5.76 Å². The zero-order valence-corrected chi connectivity index (χ0v) is 10.3. The highest BCUT2D eigenvalue weighted by molar-refractivity contribution is 5.91. The van der Waals surface area contributed by atoms with Crippen molar-refractivity contribution in [2.24, 2.45) is 5.73 Å². The average Bonchev–Trinajstić information content (AvgIpc) is 2.71. The molecule has 1 aromatic heterocycles. The van der Waals surface area contributed by atoms with E-state index in [1.807, 2.05) is 4.90 Å². The molecular formula is C13H20N2O2. The molecule has 1 aliphatic heterocycles. The fraction of sp³-hybridized carbons (Fsp3) is 0.615. The van der Waals surface area contributed by atoms with E-state index in [0.717, 1.165) is 19.4 Å². The molecule has 2 heterocycles. The van der Waals surface area contributed by atoms with Crippen molar-refractivity contribution >= 4 is 5.91 Å². The summed E-state index contributed by atoms with van der Waals surface area (Å²) in [6, 6.07) is 3.80. The Hall–Kier alpha value is -1.29. The molecule has 0 spiro atoms. The van der Waals surface area contributed by atoms with Crippen molar-refractivity contribution in [1.29, 1.82) is 0 Å². The van der Waals surface area contributed by atoms with Gasteiger partial charge in [-0.1, -0.05) is 12.8 Å². The molecule has 94 valence electrons. The van der Waals surface area contributed by atoms with Crippen LogP contribution in [0, 0.1) is 0 Å². The van der Waals surface area contributed by atoms with E-state index in [1.165, 1.54) is 12.8 Å². The van der Waals surface area contributed by atoms with Crippen LogP contribution in [-0.4, -0.2) is 23.4 Å². The Morgan fingerprint density at radius 1 is 1.47 bits per heavy atom. The van der Waals surface area contributed by atoms with Crippen LogP contribution in [0.2, 0.25) is 0 Å². The minimum atomic E-state index is -0.000833. The van der Waals surface area contributed by atoms with Crippen molar-refractivity contribution in [3.05, 3.63) is 23.7 Å². The van der Waals surface area contributed by atoms with Gasteiger partial charge in [0, 0.05) is 12.6 Å². The highest BCUT2D eigenvalue weighted by Crippen LogP contribution is 2.19. The predicted molar refractivity (Wildman–Crippen MR) is 65.6 cm³/mol. The molecule has 1 aliphatic rings. The molecule has 0 saturated carbocycles. The van der Waals surface area contributed by atoms with E-state index in [9.17, 15) is 4.79 Å². The van der Waals surface area contributed by atoms with Gasteiger partial charge in [0.1, 0.15) is 5.76 Å². The van der Waals surface area contributed by atoms with E-state index in [1.54, 1.807) is 12.1 Å². The van der Waals surface area contributed by atoms with Crippen LogP contribution in [0.15, 0.2) is 16.5 Å². The minimum absolute atomic E-state index is 0.000833. The topological polar surface area (TPSA) is 59.5 Å². The summed E-state index contributed by atoms with van der Waals surface area (Å²) in [6.45, 7) is 3.28. The molecule has 1 saturated heterocycles. The molecule has 0 aliphatic carbocycles. The maximum atomic E-state index is 12.3. The van der Waals surface area contributed by atoms with Gasteiger partial charge in [0.2, 0.25) is 0 Å². The number of amides is 1. The van der Waals surface area contributed by atoms with E-state index in [4.69, 9.17) is 10.2 Å². The third kappa shape index (κ3) is 2.69. The summed E-state index contributed by atoms with van der Waals surface area (Å²) in [5.74, 6) is 1.08. The van der Waals surface area contributed by atoms with E-state index in [2.05, 4.69) is 6.92 Å². The van der Waals surface area contributed by atoms with Crippen LogP contribution >= 0.6 is 0 Å². The SMILES string of the molecule is CC1CCCCCN1C(=O)c1ccc(CN)o1. The molecule has 2 rings (SSSR count). The van der Waals surface area contributed by atoms with E-state index >= 15 is 0 Å².